The number of hydrogen-bond acceptors (Lipinski definition) is 4. The van der Waals surface area contributed by atoms with Crippen LogP contribution in [0.4, 0.5) is 5.82 Å². The van der Waals surface area contributed by atoms with Crippen LogP contribution < -0.4 is 4.90 Å². The van der Waals surface area contributed by atoms with Gasteiger partial charge in [-0.3, -0.25) is 0 Å². The topological polar surface area (TPSA) is 52.8 Å². The van der Waals surface area contributed by atoms with Gasteiger partial charge in [0.2, 0.25) is 0 Å². The van der Waals surface area contributed by atoms with E-state index < -0.39 is 0 Å². The van der Waals surface area contributed by atoms with Crippen LogP contribution in [0.5, 0.6) is 0 Å². The molecule has 1 heterocycles. The Morgan fingerprint density at radius 3 is 3.00 bits per heavy atom. The van der Waals surface area contributed by atoms with E-state index in [1.165, 1.54) is 12.5 Å². The van der Waals surface area contributed by atoms with E-state index in [0.717, 1.165) is 5.57 Å². The van der Waals surface area contributed by atoms with Gasteiger partial charge in [-0.15, -0.1) is 0 Å². The molecule has 0 bridgehead atoms. The molecule has 1 aromatic rings. The zero-order valence-electron chi connectivity index (χ0n) is 8.36. The summed E-state index contributed by atoms with van der Waals surface area (Å²) in [5.41, 5.74) is 1.51. The minimum Gasteiger partial charge on any atom is -0.355 e. The Balaban J connectivity index is 2.95. The van der Waals surface area contributed by atoms with Crippen LogP contribution in [0.1, 0.15) is 12.5 Å². The van der Waals surface area contributed by atoms with Gasteiger partial charge >= 0.3 is 0 Å². The first-order valence-electron chi connectivity index (χ1n) is 4.20. The highest BCUT2D eigenvalue weighted by atomic mass is 15.2. The number of hydrogen-bond donors (Lipinski definition) is 0. The molecule has 0 radical (unpaired) electrons. The van der Waals surface area contributed by atoms with E-state index in [9.17, 15) is 0 Å². The van der Waals surface area contributed by atoms with Gasteiger partial charge in [0, 0.05) is 13.6 Å². The molecule has 0 spiro atoms. The molecule has 14 heavy (non-hydrogen) atoms. The van der Waals surface area contributed by atoms with Gasteiger partial charge in [0.25, 0.3) is 0 Å². The van der Waals surface area contributed by atoms with Crippen molar-refractivity contribution in [2.45, 2.75) is 6.92 Å². The first-order chi connectivity index (χ1) is 6.65. The normalized spacial score (nSPS) is 9.21. The third-order valence-electron chi connectivity index (χ3n) is 1.68. The van der Waals surface area contributed by atoms with Gasteiger partial charge in [-0.2, -0.15) is 5.26 Å². The summed E-state index contributed by atoms with van der Waals surface area (Å²) >= 11 is 0. The summed E-state index contributed by atoms with van der Waals surface area (Å²) in [6, 6.07) is 2.05. The standard InChI is InChI=1S/C10H12N4/c1-8(2)6-14(3)10-9(4-11)5-12-7-13-10/h5,7H,1,6H2,2-3H3. The fourth-order valence-corrected chi connectivity index (χ4v) is 1.19. The maximum Gasteiger partial charge on any atom is 0.149 e. The second kappa shape index (κ2) is 4.38. The number of nitriles is 1. The second-order valence-electron chi connectivity index (χ2n) is 3.18. The Bertz CT molecular complexity index is 378. The Morgan fingerprint density at radius 1 is 1.71 bits per heavy atom. The molecular weight excluding hydrogens is 176 g/mol. The molecule has 0 aliphatic heterocycles. The van der Waals surface area contributed by atoms with Crippen molar-refractivity contribution in [2.24, 2.45) is 0 Å². The van der Waals surface area contributed by atoms with E-state index in [1.54, 1.807) is 0 Å². The lowest BCUT2D eigenvalue weighted by Crippen LogP contribution is -2.21. The molecule has 0 amide bonds. The number of anilines is 1. The van der Waals surface area contributed by atoms with E-state index in [-0.39, 0.29) is 0 Å². The van der Waals surface area contributed by atoms with Crippen LogP contribution in [0.2, 0.25) is 0 Å². The van der Waals surface area contributed by atoms with Crippen molar-refractivity contribution < 1.29 is 0 Å². The van der Waals surface area contributed by atoms with Gasteiger partial charge in [-0.1, -0.05) is 12.2 Å². The molecule has 4 heteroatoms. The largest absolute Gasteiger partial charge is 0.355 e. The molecule has 72 valence electrons. The highest BCUT2D eigenvalue weighted by Gasteiger charge is 2.07. The maximum absolute atomic E-state index is 8.82. The zero-order chi connectivity index (χ0) is 10.6. The van der Waals surface area contributed by atoms with Gasteiger partial charge in [0.15, 0.2) is 0 Å². The van der Waals surface area contributed by atoms with E-state index >= 15 is 0 Å². The molecule has 0 aliphatic carbocycles. The molecule has 1 aromatic heterocycles. The zero-order valence-corrected chi connectivity index (χ0v) is 8.36. The van der Waals surface area contributed by atoms with Crippen LogP contribution in [-0.2, 0) is 0 Å². The van der Waals surface area contributed by atoms with Crippen LogP contribution in [0, 0.1) is 11.3 Å². The number of likely N-dealkylation sites (N-methyl/N-ethyl adjacent to an activating group) is 1. The smallest absolute Gasteiger partial charge is 0.149 e. The lowest BCUT2D eigenvalue weighted by molar-refractivity contribution is 0.938. The van der Waals surface area contributed by atoms with Gasteiger partial charge in [0.1, 0.15) is 23.8 Å². The molecule has 0 aliphatic rings. The predicted octanol–water partition coefficient (Wildman–Crippen LogP) is 1.36. The molecule has 4 nitrogen and oxygen atoms in total. The van der Waals surface area contributed by atoms with Crippen molar-refractivity contribution in [3.05, 3.63) is 30.2 Å². The predicted molar refractivity (Wildman–Crippen MR) is 54.8 cm³/mol. The summed E-state index contributed by atoms with van der Waals surface area (Å²) < 4.78 is 0. The monoisotopic (exact) mass is 188 g/mol. The van der Waals surface area contributed by atoms with Crippen molar-refractivity contribution in [2.75, 3.05) is 18.5 Å². The summed E-state index contributed by atoms with van der Waals surface area (Å²) in [6.07, 6.45) is 2.95. The molecule has 0 saturated carbocycles. The number of aromatic nitrogens is 2. The molecule has 0 unspecified atom stereocenters. The fourth-order valence-electron chi connectivity index (χ4n) is 1.19. The second-order valence-corrected chi connectivity index (χ2v) is 3.18. The molecule has 0 saturated heterocycles. The van der Waals surface area contributed by atoms with Crippen molar-refractivity contribution in [1.29, 1.82) is 5.26 Å². The lowest BCUT2D eigenvalue weighted by atomic mass is 10.3. The quantitative estimate of drug-likeness (QED) is 0.672. The Morgan fingerprint density at radius 2 is 2.43 bits per heavy atom. The molecule has 0 fully saturated rings. The number of rotatable bonds is 3. The minimum atomic E-state index is 0.483. The van der Waals surface area contributed by atoms with E-state index in [0.29, 0.717) is 17.9 Å². The minimum absolute atomic E-state index is 0.483. The summed E-state index contributed by atoms with van der Waals surface area (Å²) in [6.45, 7) is 6.43. The SMILES string of the molecule is C=C(C)CN(C)c1ncncc1C#N. The summed E-state index contributed by atoms with van der Waals surface area (Å²) in [5.74, 6) is 0.644. The van der Waals surface area contributed by atoms with Crippen LogP contribution >= 0.6 is 0 Å². The van der Waals surface area contributed by atoms with Gasteiger partial charge in [-0.25, -0.2) is 9.97 Å². The van der Waals surface area contributed by atoms with Gasteiger partial charge < -0.3 is 4.90 Å². The van der Waals surface area contributed by atoms with Gasteiger partial charge in [0.05, 0.1) is 6.20 Å². The maximum atomic E-state index is 8.82. The highest BCUT2D eigenvalue weighted by molar-refractivity contribution is 5.52. The molecule has 0 aromatic carbocycles. The van der Waals surface area contributed by atoms with E-state index in [1.807, 2.05) is 18.9 Å². The van der Waals surface area contributed by atoms with Crippen LogP contribution in [0.25, 0.3) is 0 Å². The Labute approximate surface area is 83.5 Å². The van der Waals surface area contributed by atoms with Crippen LogP contribution in [0.15, 0.2) is 24.7 Å². The summed E-state index contributed by atoms with van der Waals surface area (Å²) in [7, 11) is 1.87. The van der Waals surface area contributed by atoms with Gasteiger partial charge in [-0.05, 0) is 6.92 Å². The first-order valence-corrected chi connectivity index (χ1v) is 4.20. The van der Waals surface area contributed by atoms with Crippen molar-refractivity contribution in [3.8, 4) is 6.07 Å². The average Bonchev–Trinajstić information content (AvgIpc) is 2.16. The fraction of sp³-hybridized carbons (Fsp3) is 0.300. The van der Waals surface area contributed by atoms with E-state index in [2.05, 4.69) is 22.6 Å². The highest BCUT2D eigenvalue weighted by Crippen LogP contribution is 2.13. The Hall–Kier alpha value is -1.89. The van der Waals surface area contributed by atoms with Crippen LogP contribution in [-0.4, -0.2) is 23.6 Å². The van der Waals surface area contributed by atoms with Crippen LogP contribution in [0.3, 0.4) is 0 Å². The average molecular weight is 188 g/mol. The Kier molecular flexibility index (Phi) is 3.19. The third-order valence-corrected chi connectivity index (χ3v) is 1.68. The summed E-state index contributed by atoms with van der Waals surface area (Å²) in [5, 5.41) is 8.82. The lowest BCUT2D eigenvalue weighted by Gasteiger charge is -2.18. The van der Waals surface area contributed by atoms with Crippen molar-refractivity contribution in [1.82, 2.24) is 9.97 Å². The molecule has 1 rings (SSSR count). The summed E-state index contributed by atoms with van der Waals surface area (Å²) in [4.78, 5) is 9.73. The van der Waals surface area contributed by atoms with Crippen molar-refractivity contribution in [3.63, 3.8) is 0 Å². The third kappa shape index (κ3) is 2.30. The first kappa shape index (κ1) is 10.2. The van der Waals surface area contributed by atoms with E-state index in [4.69, 9.17) is 5.26 Å². The molecule has 0 atom stereocenters. The number of nitrogens with zero attached hydrogens (tertiary/aromatic N) is 4. The van der Waals surface area contributed by atoms with Crippen molar-refractivity contribution >= 4 is 5.82 Å². The molecular formula is C10H12N4. The molecule has 0 N–H and O–H groups in total.